The third kappa shape index (κ3) is 5.79. The Morgan fingerprint density at radius 1 is 1.15 bits per heavy atom. The zero-order valence-corrected chi connectivity index (χ0v) is 19.6. The average molecular weight is 545 g/mol. The van der Waals surface area contributed by atoms with Crippen LogP contribution in [0.5, 0.6) is 0 Å². The van der Waals surface area contributed by atoms with Gasteiger partial charge in [0, 0.05) is 36.8 Å². The fraction of sp³-hybridized carbons (Fsp3) is 0.130. The molecule has 5 N–H and O–H groups in total. The number of hydrogen-bond donors (Lipinski definition) is 5. The first kappa shape index (κ1) is 26.6. The van der Waals surface area contributed by atoms with E-state index in [2.05, 4.69) is 15.6 Å². The summed E-state index contributed by atoms with van der Waals surface area (Å²) in [7, 11) is 0. The molecule has 4 rings (SSSR count). The molecule has 0 spiro atoms. The van der Waals surface area contributed by atoms with E-state index in [4.69, 9.17) is 10.5 Å². The lowest BCUT2D eigenvalue weighted by molar-refractivity contribution is -0.384. The maximum absolute atomic E-state index is 13.9. The molecule has 0 atom stereocenters. The summed E-state index contributed by atoms with van der Waals surface area (Å²) in [6.07, 6.45) is -2.21. The number of carbonyl (C=O) groups is 1. The molecule has 4 aromatic rings. The van der Waals surface area contributed by atoms with Crippen LogP contribution in [0, 0.1) is 15.5 Å². The number of rotatable bonds is 7. The summed E-state index contributed by atoms with van der Waals surface area (Å²) in [6.45, 7) is -0.924. The molecule has 39 heavy (non-hydrogen) atoms. The Morgan fingerprint density at radius 3 is 2.46 bits per heavy atom. The minimum absolute atomic E-state index is 0.0117. The highest BCUT2D eigenvalue weighted by Gasteiger charge is 2.35. The van der Waals surface area contributed by atoms with Crippen molar-refractivity contribution in [3.63, 3.8) is 0 Å². The van der Waals surface area contributed by atoms with E-state index < -0.39 is 46.0 Å². The number of benzene rings is 2. The molecule has 13 nitrogen and oxygen atoms in total. The number of guanidine groups is 1. The lowest BCUT2D eigenvalue weighted by Gasteiger charge is -2.17. The van der Waals surface area contributed by atoms with Gasteiger partial charge in [-0.25, -0.2) is 0 Å². The standard InChI is InChI=1S/C23H18F3N7O6/c24-23(25,26)15-7-16-18(32(11-19(34)35)21(37)20(36)30-16)8-17(15)31-6-5-12(10-31)9-28-22(27)29-13-1-3-14(4-2-13)33(38)39/h1-8,10H,9,11H2,(H,30,36)(H,34,35)(H3,27,28,29). The van der Waals surface area contributed by atoms with E-state index in [1.54, 1.807) is 0 Å². The van der Waals surface area contributed by atoms with Crippen molar-refractivity contribution in [1.29, 1.82) is 5.41 Å². The number of anilines is 1. The van der Waals surface area contributed by atoms with Crippen molar-refractivity contribution in [3.8, 4) is 5.69 Å². The van der Waals surface area contributed by atoms with Crippen LogP contribution in [0.2, 0.25) is 0 Å². The second-order valence-corrected chi connectivity index (χ2v) is 8.21. The molecular weight excluding hydrogens is 527 g/mol. The van der Waals surface area contributed by atoms with Crippen molar-refractivity contribution in [2.24, 2.45) is 0 Å². The van der Waals surface area contributed by atoms with Gasteiger partial charge in [0.15, 0.2) is 5.96 Å². The number of nitro benzene ring substituents is 1. The molecule has 0 bridgehead atoms. The van der Waals surface area contributed by atoms with Gasteiger partial charge in [-0.05, 0) is 35.9 Å². The van der Waals surface area contributed by atoms with Gasteiger partial charge >= 0.3 is 23.3 Å². The summed E-state index contributed by atoms with van der Waals surface area (Å²) in [5, 5.41) is 33.3. The summed E-state index contributed by atoms with van der Waals surface area (Å²) >= 11 is 0. The van der Waals surface area contributed by atoms with Crippen LogP contribution in [0.15, 0.2) is 64.4 Å². The van der Waals surface area contributed by atoms with Gasteiger partial charge in [-0.3, -0.25) is 34.5 Å². The van der Waals surface area contributed by atoms with Crippen molar-refractivity contribution < 1.29 is 28.0 Å². The van der Waals surface area contributed by atoms with Gasteiger partial charge in [0.25, 0.3) is 5.69 Å². The zero-order chi connectivity index (χ0) is 28.5. The number of carboxylic acid groups (broad SMARTS) is 1. The Bertz CT molecular complexity index is 1720. The van der Waals surface area contributed by atoms with Crippen LogP contribution >= 0.6 is 0 Å². The van der Waals surface area contributed by atoms with E-state index in [9.17, 15) is 37.7 Å². The van der Waals surface area contributed by atoms with Crippen molar-refractivity contribution in [3.05, 3.63) is 96.8 Å². The summed E-state index contributed by atoms with van der Waals surface area (Å²) < 4.78 is 43.5. The highest BCUT2D eigenvalue weighted by atomic mass is 19.4. The summed E-state index contributed by atoms with van der Waals surface area (Å²) in [5.74, 6) is -1.65. The van der Waals surface area contributed by atoms with E-state index in [0.29, 0.717) is 21.9 Å². The normalized spacial score (nSPS) is 11.4. The summed E-state index contributed by atoms with van der Waals surface area (Å²) in [4.78, 5) is 47.6. The third-order valence-corrected chi connectivity index (χ3v) is 5.54. The van der Waals surface area contributed by atoms with E-state index >= 15 is 0 Å². The predicted molar refractivity (Wildman–Crippen MR) is 132 cm³/mol. The van der Waals surface area contributed by atoms with E-state index in [1.165, 1.54) is 42.7 Å². The topological polar surface area (TPSA) is 188 Å². The number of nitrogens with one attached hydrogen (secondary N) is 4. The maximum atomic E-state index is 13.9. The molecule has 2 aromatic carbocycles. The molecule has 2 heterocycles. The lowest BCUT2D eigenvalue weighted by atomic mass is 10.1. The molecule has 0 radical (unpaired) electrons. The maximum Gasteiger partial charge on any atom is 0.418 e. The van der Waals surface area contributed by atoms with Crippen molar-refractivity contribution in [2.75, 3.05) is 5.32 Å². The molecule has 16 heteroatoms. The minimum Gasteiger partial charge on any atom is -0.480 e. The van der Waals surface area contributed by atoms with Gasteiger partial charge < -0.3 is 25.3 Å². The second-order valence-electron chi connectivity index (χ2n) is 8.21. The van der Waals surface area contributed by atoms with Gasteiger partial charge in [0.1, 0.15) is 6.54 Å². The number of fused-ring (bicyclic) bond motifs is 1. The number of aliphatic carboxylic acids is 1. The highest BCUT2D eigenvalue weighted by Crippen LogP contribution is 2.36. The van der Waals surface area contributed by atoms with Crippen LogP contribution < -0.4 is 21.8 Å². The van der Waals surface area contributed by atoms with E-state index in [0.717, 1.165) is 10.6 Å². The smallest absolute Gasteiger partial charge is 0.418 e. The fourth-order valence-corrected chi connectivity index (χ4v) is 3.78. The number of aromatic nitrogens is 3. The number of H-pyrrole nitrogens is 1. The van der Waals surface area contributed by atoms with Crippen LogP contribution in [-0.2, 0) is 24.1 Å². The van der Waals surface area contributed by atoms with Crippen LogP contribution in [0.1, 0.15) is 11.1 Å². The molecule has 0 amide bonds. The van der Waals surface area contributed by atoms with Gasteiger partial charge in [-0.2, -0.15) is 13.2 Å². The lowest BCUT2D eigenvalue weighted by Crippen LogP contribution is -2.38. The summed E-state index contributed by atoms with van der Waals surface area (Å²) in [5.41, 5.74) is -3.91. The number of non-ortho nitro benzene ring substituents is 1. The Hall–Kier alpha value is -5.41. The van der Waals surface area contributed by atoms with Gasteiger partial charge in [0.05, 0.1) is 27.2 Å². The second kappa shape index (κ2) is 10.2. The number of aromatic amines is 1. The molecule has 0 fully saturated rings. The number of nitro groups is 1. The Morgan fingerprint density at radius 2 is 1.85 bits per heavy atom. The van der Waals surface area contributed by atoms with Crippen LogP contribution in [-0.4, -0.2) is 36.1 Å². The Balaban J connectivity index is 1.62. The Kier molecular flexibility index (Phi) is 6.94. The first-order valence-corrected chi connectivity index (χ1v) is 10.9. The third-order valence-electron chi connectivity index (χ3n) is 5.54. The number of hydrogen-bond acceptors (Lipinski definition) is 6. The average Bonchev–Trinajstić information content (AvgIpc) is 3.33. The van der Waals surface area contributed by atoms with Gasteiger partial charge in [-0.1, -0.05) is 0 Å². The molecule has 0 aliphatic carbocycles. The van der Waals surface area contributed by atoms with Crippen molar-refractivity contribution in [1.82, 2.24) is 19.4 Å². The molecule has 0 saturated carbocycles. The summed E-state index contributed by atoms with van der Waals surface area (Å²) in [6, 6.07) is 8.39. The number of halogens is 3. The Labute approximate surface area is 214 Å². The first-order valence-electron chi connectivity index (χ1n) is 10.9. The minimum atomic E-state index is -4.87. The largest absolute Gasteiger partial charge is 0.480 e. The molecule has 0 aliphatic heterocycles. The molecular formula is C23H18F3N7O6. The number of nitrogens with zero attached hydrogens (tertiary/aromatic N) is 3. The monoisotopic (exact) mass is 545 g/mol. The number of alkyl halides is 3. The molecule has 0 aliphatic rings. The fourth-order valence-electron chi connectivity index (χ4n) is 3.78. The SMILES string of the molecule is N=C(NCc1ccn(-c2cc3c(cc2C(F)(F)F)[nH]c(=O)c(=O)n3CC(=O)O)c1)Nc1ccc([N+](=O)[O-])cc1. The van der Waals surface area contributed by atoms with E-state index in [1.807, 2.05) is 0 Å². The molecule has 2 aromatic heterocycles. The van der Waals surface area contributed by atoms with Crippen LogP contribution in [0.3, 0.4) is 0 Å². The van der Waals surface area contributed by atoms with Gasteiger partial charge in [0.2, 0.25) is 0 Å². The molecule has 0 unspecified atom stereocenters. The first-order chi connectivity index (χ1) is 18.3. The zero-order valence-electron chi connectivity index (χ0n) is 19.6. The van der Waals surface area contributed by atoms with Crippen molar-refractivity contribution in [2.45, 2.75) is 19.3 Å². The highest BCUT2D eigenvalue weighted by molar-refractivity contribution is 5.91. The quantitative estimate of drug-likeness (QED) is 0.0770. The number of carboxylic acids is 1. The van der Waals surface area contributed by atoms with E-state index in [-0.39, 0.29) is 29.2 Å². The van der Waals surface area contributed by atoms with Gasteiger partial charge in [-0.15, -0.1) is 0 Å². The van der Waals surface area contributed by atoms with Crippen molar-refractivity contribution >= 4 is 34.3 Å². The van der Waals surface area contributed by atoms with Crippen LogP contribution in [0.25, 0.3) is 16.7 Å². The van der Waals surface area contributed by atoms with Crippen LogP contribution in [0.4, 0.5) is 24.5 Å². The molecule has 0 saturated heterocycles. The predicted octanol–water partition coefficient (Wildman–Crippen LogP) is 2.63. The molecule has 202 valence electrons.